The molecule has 132 valence electrons. The van der Waals surface area contributed by atoms with Gasteiger partial charge in [0.1, 0.15) is 0 Å². The van der Waals surface area contributed by atoms with Crippen molar-refractivity contribution < 1.29 is 27.9 Å². The quantitative estimate of drug-likeness (QED) is 0.913. The van der Waals surface area contributed by atoms with Crippen molar-refractivity contribution in [2.75, 3.05) is 13.1 Å². The van der Waals surface area contributed by atoms with Gasteiger partial charge in [0.05, 0.1) is 17.4 Å². The molecule has 1 saturated heterocycles. The molecule has 24 heavy (non-hydrogen) atoms. The van der Waals surface area contributed by atoms with E-state index in [-0.39, 0.29) is 31.0 Å². The number of likely N-dealkylation sites (tertiary alicyclic amines) is 1. The lowest BCUT2D eigenvalue weighted by Crippen LogP contribution is -2.41. The SMILES string of the molecule is CC(C)C1(C(=O)O)CCN(C(=O)Cc2ccccc2C(F)(F)F)C1. The van der Waals surface area contributed by atoms with Crippen molar-refractivity contribution in [3.63, 3.8) is 0 Å². The molecule has 1 N–H and O–H groups in total. The lowest BCUT2D eigenvalue weighted by atomic mass is 9.76. The number of hydrogen-bond acceptors (Lipinski definition) is 2. The number of carboxylic acids is 1. The molecular formula is C17H20F3NO3. The molecule has 7 heteroatoms. The molecule has 0 aromatic heterocycles. The number of alkyl halides is 3. The zero-order chi connectivity index (χ0) is 18.1. The number of carbonyl (C=O) groups excluding carboxylic acids is 1. The van der Waals surface area contributed by atoms with Gasteiger partial charge < -0.3 is 10.0 Å². The van der Waals surface area contributed by atoms with Gasteiger partial charge in [-0.15, -0.1) is 0 Å². The van der Waals surface area contributed by atoms with Gasteiger partial charge in [0.2, 0.25) is 5.91 Å². The second-order valence-corrected chi connectivity index (χ2v) is 6.51. The van der Waals surface area contributed by atoms with Crippen LogP contribution in [0, 0.1) is 11.3 Å². The minimum atomic E-state index is -4.52. The number of nitrogens with zero attached hydrogens (tertiary/aromatic N) is 1. The fraction of sp³-hybridized carbons (Fsp3) is 0.529. The fourth-order valence-corrected chi connectivity index (χ4v) is 3.16. The molecule has 1 aromatic carbocycles. The highest BCUT2D eigenvalue weighted by Crippen LogP contribution is 2.39. The predicted octanol–water partition coefficient (Wildman–Crippen LogP) is 3.21. The van der Waals surface area contributed by atoms with Gasteiger partial charge in [-0.3, -0.25) is 9.59 Å². The highest BCUT2D eigenvalue weighted by molar-refractivity contribution is 5.82. The van der Waals surface area contributed by atoms with Crippen LogP contribution in [-0.2, 0) is 22.2 Å². The summed E-state index contributed by atoms with van der Waals surface area (Å²) in [4.78, 5) is 25.3. The number of carboxylic acid groups (broad SMARTS) is 1. The normalized spacial score (nSPS) is 21.3. The second kappa shape index (κ2) is 6.45. The molecule has 0 aliphatic carbocycles. The number of amides is 1. The fourth-order valence-electron chi connectivity index (χ4n) is 3.16. The lowest BCUT2D eigenvalue weighted by molar-refractivity contribution is -0.151. The minimum absolute atomic E-state index is 0.0347. The van der Waals surface area contributed by atoms with E-state index in [4.69, 9.17) is 0 Å². The third-order valence-electron chi connectivity index (χ3n) is 4.85. The maximum Gasteiger partial charge on any atom is 0.416 e. The van der Waals surface area contributed by atoms with Crippen LogP contribution in [0.2, 0.25) is 0 Å². The number of benzene rings is 1. The minimum Gasteiger partial charge on any atom is -0.481 e. The van der Waals surface area contributed by atoms with Crippen LogP contribution < -0.4 is 0 Å². The van der Waals surface area contributed by atoms with Crippen LogP contribution >= 0.6 is 0 Å². The molecule has 1 fully saturated rings. The van der Waals surface area contributed by atoms with Crippen molar-refractivity contribution >= 4 is 11.9 Å². The monoisotopic (exact) mass is 343 g/mol. The Morgan fingerprint density at radius 2 is 1.92 bits per heavy atom. The summed E-state index contributed by atoms with van der Waals surface area (Å²) in [5, 5.41) is 9.49. The third-order valence-corrected chi connectivity index (χ3v) is 4.85. The number of aliphatic carboxylic acids is 1. The van der Waals surface area contributed by atoms with E-state index in [1.54, 1.807) is 13.8 Å². The Balaban J connectivity index is 2.17. The largest absolute Gasteiger partial charge is 0.481 e. The zero-order valence-corrected chi connectivity index (χ0v) is 13.6. The molecule has 1 amide bonds. The van der Waals surface area contributed by atoms with Gasteiger partial charge in [-0.05, 0) is 24.0 Å². The van der Waals surface area contributed by atoms with E-state index < -0.39 is 29.0 Å². The Morgan fingerprint density at radius 1 is 1.29 bits per heavy atom. The first-order valence-electron chi connectivity index (χ1n) is 7.74. The third kappa shape index (κ3) is 3.39. The second-order valence-electron chi connectivity index (χ2n) is 6.51. The van der Waals surface area contributed by atoms with E-state index >= 15 is 0 Å². The summed E-state index contributed by atoms with van der Waals surface area (Å²) >= 11 is 0. The highest BCUT2D eigenvalue weighted by Gasteiger charge is 2.48. The molecule has 0 radical (unpaired) electrons. The molecule has 1 aromatic rings. The molecule has 1 atom stereocenters. The van der Waals surface area contributed by atoms with Crippen LogP contribution in [0.3, 0.4) is 0 Å². The Hall–Kier alpha value is -2.05. The van der Waals surface area contributed by atoms with E-state index in [2.05, 4.69) is 0 Å². The Kier molecular flexibility index (Phi) is 4.92. The van der Waals surface area contributed by atoms with Crippen LogP contribution in [0.4, 0.5) is 13.2 Å². The van der Waals surface area contributed by atoms with Crippen LogP contribution in [0.5, 0.6) is 0 Å². The summed E-state index contributed by atoms with van der Waals surface area (Å²) in [7, 11) is 0. The average Bonchev–Trinajstić information content (AvgIpc) is 2.93. The summed E-state index contributed by atoms with van der Waals surface area (Å²) < 4.78 is 39.0. The van der Waals surface area contributed by atoms with Crippen molar-refractivity contribution in [3.05, 3.63) is 35.4 Å². The Labute approximate surface area is 138 Å². The predicted molar refractivity (Wildman–Crippen MR) is 81.3 cm³/mol. The van der Waals surface area contributed by atoms with Crippen LogP contribution in [0.15, 0.2) is 24.3 Å². The first-order chi connectivity index (χ1) is 11.1. The highest BCUT2D eigenvalue weighted by atomic mass is 19.4. The van der Waals surface area contributed by atoms with Gasteiger partial charge in [-0.25, -0.2) is 0 Å². The lowest BCUT2D eigenvalue weighted by Gasteiger charge is -2.28. The number of hydrogen-bond donors (Lipinski definition) is 1. The molecule has 0 spiro atoms. The van der Waals surface area contributed by atoms with Crippen LogP contribution in [0.1, 0.15) is 31.4 Å². The molecule has 0 bridgehead atoms. The summed E-state index contributed by atoms with van der Waals surface area (Å²) in [6, 6.07) is 4.96. The molecule has 1 aliphatic rings. The van der Waals surface area contributed by atoms with E-state index in [1.165, 1.54) is 23.1 Å². The number of rotatable bonds is 4. The topological polar surface area (TPSA) is 57.6 Å². The first-order valence-corrected chi connectivity index (χ1v) is 7.74. The van der Waals surface area contributed by atoms with Crippen molar-refractivity contribution in [2.45, 2.75) is 32.9 Å². The van der Waals surface area contributed by atoms with Gasteiger partial charge in [0.15, 0.2) is 0 Å². The van der Waals surface area contributed by atoms with Gasteiger partial charge in [0, 0.05) is 13.1 Å². The molecule has 2 rings (SSSR count). The van der Waals surface area contributed by atoms with Crippen molar-refractivity contribution in [1.29, 1.82) is 0 Å². The Bertz CT molecular complexity index is 642. The van der Waals surface area contributed by atoms with Crippen LogP contribution in [0.25, 0.3) is 0 Å². The van der Waals surface area contributed by atoms with Crippen molar-refractivity contribution in [2.24, 2.45) is 11.3 Å². The summed E-state index contributed by atoms with van der Waals surface area (Å²) in [5.74, 6) is -1.62. The van der Waals surface area contributed by atoms with Crippen LogP contribution in [-0.4, -0.2) is 35.0 Å². The molecule has 1 unspecified atom stereocenters. The Morgan fingerprint density at radius 3 is 2.42 bits per heavy atom. The summed E-state index contributed by atoms with van der Waals surface area (Å²) in [5.41, 5.74) is -1.95. The van der Waals surface area contributed by atoms with Gasteiger partial charge in [-0.1, -0.05) is 32.0 Å². The molecule has 0 saturated carbocycles. The average molecular weight is 343 g/mol. The van der Waals surface area contributed by atoms with Crippen molar-refractivity contribution in [1.82, 2.24) is 4.90 Å². The maximum atomic E-state index is 13.0. The van der Waals surface area contributed by atoms with E-state index in [1.807, 2.05) is 0 Å². The van der Waals surface area contributed by atoms with Gasteiger partial charge in [-0.2, -0.15) is 13.2 Å². The smallest absolute Gasteiger partial charge is 0.416 e. The molecule has 4 nitrogen and oxygen atoms in total. The maximum absolute atomic E-state index is 13.0. The summed E-state index contributed by atoms with van der Waals surface area (Å²) in [6.07, 6.45) is -4.60. The zero-order valence-electron chi connectivity index (χ0n) is 13.6. The molecule has 1 aliphatic heterocycles. The van der Waals surface area contributed by atoms with E-state index in [0.29, 0.717) is 6.42 Å². The van der Waals surface area contributed by atoms with Crippen molar-refractivity contribution in [3.8, 4) is 0 Å². The molecule has 1 heterocycles. The first kappa shape index (κ1) is 18.3. The number of carbonyl (C=O) groups is 2. The van der Waals surface area contributed by atoms with Gasteiger partial charge in [0.25, 0.3) is 0 Å². The van der Waals surface area contributed by atoms with E-state index in [0.717, 1.165) is 6.07 Å². The number of halogens is 3. The molecular weight excluding hydrogens is 323 g/mol. The van der Waals surface area contributed by atoms with E-state index in [9.17, 15) is 27.9 Å². The van der Waals surface area contributed by atoms with Gasteiger partial charge >= 0.3 is 12.1 Å². The summed E-state index contributed by atoms with van der Waals surface area (Å²) in [6.45, 7) is 3.84. The standard InChI is InChI=1S/C17H20F3NO3/c1-11(2)16(15(23)24)7-8-21(10-16)14(22)9-12-5-3-4-6-13(12)17(18,19)20/h3-6,11H,7-10H2,1-2H3,(H,23,24).